The molecule has 1 aliphatic heterocycles. The van der Waals surface area contributed by atoms with E-state index in [-0.39, 0.29) is 44.0 Å². The number of nitrogens with one attached hydrogen (secondary N) is 3. The highest BCUT2D eigenvalue weighted by Crippen LogP contribution is 2.04. The maximum atomic E-state index is 10.4. The molecule has 6 N–H and O–H groups in total. The molecular formula is C18H41BrCl2N4O5. The Labute approximate surface area is 201 Å². The number of nitrogens with zero attached hydrogens (tertiary/aromatic N) is 1. The number of esters is 1. The van der Waals surface area contributed by atoms with Crippen molar-refractivity contribution in [3.8, 4) is 0 Å². The third-order valence-electron chi connectivity index (χ3n) is 4.27. The third kappa shape index (κ3) is 19.0. The minimum absolute atomic E-state index is 0. The standard InChI is InChI=1S/C12H28N4O3.C6H11BrO2.2ClH/c17-9-11(12(19)10-18)16-7-5-14-3-1-13-2-4-15-6-8-16;1-2-3-4-9-6(8)5-7;;/h11-15,17-19H,1-10H2;2-5H2,1H3;2*1H. The van der Waals surface area contributed by atoms with Gasteiger partial charge >= 0.3 is 5.97 Å². The Bertz CT molecular complexity index is 367. The molecule has 0 aromatic rings. The molecule has 0 aromatic carbocycles. The van der Waals surface area contributed by atoms with E-state index in [1.807, 2.05) is 4.90 Å². The van der Waals surface area contributed by atoms with Gasteiger partial charge in [0.2, 0.25) is 0 Å². The molecule has 0 amide bonds. The molecule has 0 radical (unpaired) electrons. The second-order valence-corrected chi connectivity index (χ2v) is 7.05. The summed E-state index contributed by atoms with van der Waals surface area (Å²) in [4.78, 5) is 12.4. The van der Waals surface area contributed by atoms with Crippen LogP contribution in [-0.2, 0) is 9.53 Å². The van der Waals surface area contributed by atoms with Crippen molar-refractivity contribution in [3.63, 3.8) is 0 Å². The molecule has 2 unspecified atom stereocenters. The van der Waals surface area contributed by atoms with Crippen molar-refractivity contribution in [3.05, 3.63) is 0 Å². The number of ether oxygens (including phenoxy) is 1. The van der Waals surface area contributed by atoms with Gasteiger partial charge in [-0.3, -0.25) is 9.69 Å². The average Bonchev–Trinajstić information content (AvgIpc) is 2.70. The summed E-state index contributed by atoms with van der Waals surface area (Å²) in [6, 6.07) is -0.408. The largest absolute Gasteiger partial charge is 0.465 e. The van der Waals surface area contributed by atoms with Crippen molar-refractivity contribution in [2.24, 2.45) is 0 Å². The molecule has 1 rings (SSSR count). The molecule has 1 aliphatic rings. The molecule has 30 heavy (non-hydrogen) atoms. The van der Waals surface area contributed by atoms with E-state index in [0.717, 1.165) is 65.2 Å². The quantitative estimate of drug-likeness (QED) is 0.134. The fraction of sp³-hybridized carbons (Fsp3) is 0.944. The van der Waals surface area contributed by atoms with E-state index in [0.29, 0.717) is 11.9 Å². The van der Waals surface area contributed by atoms with Crippen LogP contribution in [0.2, 0.25) is 0 Å². The summed E-state index contributed by atoms with van der Waals surface area (Å²) in [5.74, 6) is -0.177. The first-order valence-corrected chi connectivity index (χ1v) is 11.2. The van der Waals surface area contributed by atoms with Gasteiger partial charge in [-0.25, -0.2) is 0 Å². The Morgan fingerprint density at radius 3 is 1.90 bits per heavy atom. The molecule has 0 aliphatic carbocycles. The number of carbonyl (C=O) groups is 1. The van der Waals surface area contributed by atoms with E-state index in [2.05, 4.69) is 38.8 Å². The van der Waals surface area contributed by atoms with E-state index < -0.39 is 12.1 Å². The summed E-state index contributed by atoms with van der Waals surface area (Å²) < 4.78 is 4.75. The lowest BCUT2D eigenvalue weighted by molar-refractivity contribution is -0.140. The zero-order valence-corrected chi connectivity index (χ0v) is 21.1. The monoisotopic (exact) mass is 542 g/mol. The van der Waals surface area contributed by atoms with E-state index >= 15 is 0 Å². The van der Waals surface area contributed by atoms with Gasteiger partial charge < -0.3 is 36.0 Å². The molecule has 9 nitrogen and oxygen atoms in total. The van der Waals surface area contributed by atoms with Crippen LogP contribution in [-0.4, -0.2) is 116 Å². The number of aliphatic hydroxyl groups excluding tert-OH is 3. The highest BCUT2D eigenvalue weighted by atomic mass is 79.9. The average molecular weight is 544 g/mol. The fourth-order valence-electron chi connectivity index (χ4n) is 2.59. The molecule has 1 heterocycles. The van der Waals surface area contributed by atoms with E-state index in [4.69, 9.17) is 9.84 Å². The van der Waals surface area contributed by atoms with Crippen molar-refractivity contribution < 1.29 is 24.9 Å². The molecule has 1 saturated heterocycles. The maximum Gasteiger partial charge on any atom is 0.316 e. The SMILES string of the molecule is CCCCOC(=O)CBr.Cl.Cl.OCC(O)C(CO)N1CCNCCNCCNCC1. The number of aliphatic hydroxyl groups is 3. The Morgan fingerprint density at radius 2 is 1.50 bits per heavy atom. The number of hydrogen-bond acceptors (Lipinski definition) is 9. The molecule has 0 spiro atoms. The lowest BCUT2D eigenvalue weighted by Crippen LogP contribution is -2.52. The van der Waals surface area contributed by atoms with Crippen molar-refractivity contribution in [1.82, 2.24) is 20.9 Å². The van der Waals surface area contributed by atoms with Crippen LogP contribution >= 0.6 is 40.7 Å². The summed E-state index contributed by atoms with van der Waals surface area (Å²) in [7, 11) is 0. The summed E-state index contributed by atoms with van der Waals surface area (Å²) >= 11 is 2.99. The van der Waals surface area contributed by atoms with Crippen LogP contribution in [0.25, 0.3) is 0 Å². The number of carbonyl (C=O) groups excluding carboxylic acids is 1. The highest BCUT2D eigenvalue weighted by Gasteiger charge is 2.24. The molecular weight excluding hydrogens is 503 g/mol. The second kappa shape index (κ2) is 25.5. The zero-order valence-electron chi connectivity index (χ0n) is 17.9. The third-order valence-corrected chi connectivity index (χ3v) is 4.72. The van der Waals surface area contributed by atoms with E-state index in [1.165, 1.54) is 0 Å². The van der Waals surface area contributed by atoms with Crippen molar-refractivity contribution in [2.75, 3.05) is 77.5 Å². The molecule has 184 valence electrons. The summed E-state index contributed by atoms with van der Waals surface area (Å²) in [6.07, 6.45) is 1.12. The zero-order chi connectivity index (χ0) is 21.0. The number of rotatable bonds is 8. The van der Waals surface area contributed by atoms with Crippen LogP contribution in [0.15, 0.2) is 0 Å². The van der Waals surface area contributed by atoms with Crippen LogP contribution in [0.4, 0.5) is 0 Å². The van der Waals surface area contributed by atoms with Crippen LogP contribution in [0.1, 0.15) is 19.8 Å². The first-order valence-electron chi connectivity index (χ1n) is 10.1. The summed E-state index contributed by atoms with van der Waals surface area (Å²) in [6.45, 7) is 8.90. The van der Waals surface area contributed by atoms with Gasteiger partial charge in [0.05, 0.1) is 32.0 Å². The Morgan fingerprint density at radius 1 is 1.00 bits per heavy atom. The van der Waals surface area contributed by atoms with Gasteiger partial charge in [0.15, 0.2) is 0 Å². The summed E-state index contributed by atoms with van der Waals surface area (Å²) in [5.41, 5.74) is 0. The number of unbranched alkanes of at least 4 members (excludes halogenated alkanes) is 1. The van der Waals surface area contributed by atoms with Gasteiger partial charge in [-0.2, -0.15) is 0 Å². The molecule has 1 fully saturated rings. The predicted octanol–water partition coefficient (Wildman–Crippen LogP) is -0.647. The molecule has 0 aromatic heterocycles. The normalized spacial score (nSPS) is 18.0. The number of halogens is 3. The number of hydrogen-bond donors (Lipinski definition) is 6. The predicted molar refractivity (Wildman–Crippen MR) is 128 cm³/mol. The molecule has 12 heteroatoms. The lowest BCUT2D eigenvalue weighted by Gasteiger charge is -2.33. The lowest BCUT2D eigenvalue weighted by atomic mass is 10.1. The maximum absolute atomic E-state index is 10.4. The van der Waals surface area contributed by atoms with Crippen molar-refractivity contribution in [2.45, 2.75) is 31.9 Å². The van der Waals surface area contributed by atoms with Crippen LogP contribution in [0.3, 0.4) is 0 Å². The Hall–Kier alpha value is 0.250. The Balaban J connectivity index is -0.000000569. The van der Waals surface area contributed by atoms with Gasteiger partial charge in [0.25, 0.3) is 0 Å². The van der Waals surface area contributed by atoms with E-state index in [1.54, 1.807) is 0 Å². The van der Waals surface area contributed by atoms with E-state index in [9.17, 15) is 15.0 Å². The van der Waals surface area contributed by atoms with Crippen LogP contribution < -0.4 is 16.0 Å². The molecule has 0 saturated carbocycles. The topological polar surface area (TPSA) is 126 Å². The van der Waals surface area contributed by atoms with Gasteiger partial charge in [0.1, 0.15) is 5.33 Å². The second-order valence-electron chi connectivity index (χ2n) is 6.49. The number of alkyl halides is 1. The first-order chi connectivity index (χ1) is 13.6. The highest BCUT2D eigenvalue weighted by molar-refractivity contribution is 9.09. The minimum Gasteiger partial charge on any atom is -0.465 e. The van der Waals surface area contributed by atoms with Crippen molar-refractivity contribution in [1.29, 1.82) is 0 Å². The van der Waals surface area contributed by atoms with Gasteiger partial charge in [-0.1, -0.05) is 29.3 Å². The van der Waals surface area contributed by atoms with Crippen LogP contribution in [0.5, 0.6) is 0 Å². The Kier molecular flexibility index (Phi) is 29.6. The minimum atomic E-state index is -0.903. The van der Waals surface area contributed by atoms with Crippen molar-refractivity contribution >= 4 is 46.7 Å². The van der Waals surface area contributed by atoms with Gasteiger partial charge in [-0.15, -0.1) is 24.8 Å². The van der Waals surface area contributed by atoms with Crippen LogP contribution in [0, 0.1) is 0 Å². The first kappa shape index (κ1) is 34.9. The molecule has 2 atom stereocenters. The fourth-order valence-corrected chi connectivity index (χ4v) is 2.75. The van der Waals surface area contributed by atoms with Gasteiger partial charge in [-0.05, 0) is 6.42 Å². The smallest absolute Gasteiger partial charge is 0.316 e. The summed E-state index contributed by atoms with van der Waals surface area (Å²) in [5, 5.41) is 38.5. The van der Waals surface area contributed by atoms with Gasteiger partial charge in [0, 0.05) is 52.4 Å². The molecule has 0 bridgehead atoms.